The van der Waals surface area contributed by atoms with Crippen LogP contribution >= 0.6 is 0 Å². The number of hydrogen-bond donors (Lipinski definition) is 1. The first-order chi connectivity index (χ1) is 8.91. The summed E-state index contributed by atoms with van der Waals surface area (Å²) in [6.07, 6.45) is 2.51. The van der Waals surface area contributed by atoms with E-state index in [0.29, 0.717) is 5.56 Å². The Morgan fingerprint density at radius 3 is 2.11 bits per heavy atom. The Balaban J connectivity index is 2.22. The molecule has 1 unspecified atom stereocenters. The van der Waals surface area contributed by atoms with Gasteiger partial charge in [-0.3, -0.25) is 4.90 Å². The minimum absolute atomic E-state index is 0.299. The molecule has 1 atom stereocenters. The summed E-state index contributed by atoms with van der Waals surface area (Å²) >= 11 is 0. The van der Waals surface area contributed by atoms with Gasteiger partial charge in [0.1, 0.15) is 11.6 Å². The van der Waals surface area contributed by atoms with Crippen molar-refractivity contribution < 1.29 is 13.9 Å². The predicted molar refractivity (Wildman–Crippen MR) is 70.8 cm³/mol. The van der Waals surface area contributed by atoms with E-state index in [1.807, 2.05) is 13.8 Å². The van der Waals surface area contributed by atoms with Crippen molar-refractivity contribution in [2.45, 2.75) is 44.8 Å². The van der Waals surface area contributed by atoms with E-state index in [-0.39, 0.29) is 0 Å². The zero-order chi connectivity index (χ0) is 14.0. The molecule has 1 aromatic rings. The number of piperidine rings is 1. The third-order valence-corrected chi connectivity index (χ3v) is 4.04. The van der Waals surface area contributed by atoms with Crippen molar-refractivity contribution in [3.63, 3.8) is 0 Å². The van der Waals surface area contributed by atoms with Crippen LogP contribution in [0.3, 0.4) is 0 Å². The summed E-state index contributed by atoms with van der Waals surface area (Å²) in [6, 6.07) is 3.24. The molecule has 0 saturated carbocycles. The molecule has 1 fully saturated rings. The molecule has 0 bridgehead atoms. The molecule has 1 heterocycles. The van der Waals surface area contributed by atoms with Gasteiger partial charge < -0.3 is 5.11 Å². The van der Waals surface area contributed by atoms with Crippen LogP contribution in [-0.4, -0.2) is 28.6 Å². The quantitative estimate of drug-likeness (QED) is 0.910. The molecular weight excluding hydrogens is 248 g/mol. The van der Waals surface area contributed by atoms with Crippen LogP contribution in [0, 0.1) is 11.6 Å². The summed E-state index contributed by atoms with van der Waals surface area (Å²) in [6.45, 7) is 5.68. The highest BCUT2D eigenvalue weighted by molar-refractivity contribution is 5.23. The predicted octanol–water partition coefficient (Wildman–Crippen LogP) is 3.26. The number of aliphatic hydroxyl groups is 1. The highest BCUT2D eigenvalue weighted by Crippen LogP contribution is 2.33. The monoisotopic (exact) mass is 269 g/mol. The molecule has 1 N–H and O–H groups in total. The van der Waals surface area contributed by atoms with E-state index in [1.54, 1.807) is 0 Å². The van der Waals surface area contributed by atoms with Gasteiger partial charge in [-0.05, 0) is 57.5 Å². The van der Waals surface area contributed by atoms with E-state index in [4.69, 9.17) is 0 Å². The van der Waals surface area contributed by atoms with Gasteiger partial charge in [0.2, 0.25) is 0 Å². The Morgan fingerprint density at radius 2 is 1.58 bits per heavy atom. The van der Waals surface area contributed by atoms with E-state index < -0.39 is 23.3 Å². The molecule has 1 saturated heterocycles. The van der Waals surface area contributed by atoms with E-state index >= 15 is 0 Å². The van der Waals surface area contributed by atoms with Crippen LogP contribution in [0.4, 0.5) is 8.78 Å². The summed E-state index contributed by atoms with van der Waals surface area (Å²) in [4.78, 5) is 2.20. The van der Waals surface area contributed by atoms with Gasteiger partial charge in [-0.2, -0.15) is 0 Å². The number of halogens is 2. The normalized spacial score (nSPS) is 19.4. The molecule has 19 heavy (non-hydrogen) atoms. The van der Waals surface area contributed by atoms with Crippen molar-refractivity contribution in [2.75, 3.05) is 13.1 Å². The Labute approximate surface area is 113 Å². The van der Waals surface area contributed by atoms with Gasteiger partial charge in [-0.25, -0.2) is 8.78 Å². The van der Waals surface area contributed by atoms with Gasteiger partial charge in [-0.15, -0.1) is 0 Å². The highest BCUT2D eigenvalue weighted by atomic mass is 19.1. The van der Waals surface area contributed by atoms with E-state index in [9.17, 15) is 13.9 Å². The molecule has 2 rings (SSSR count). The van der Waals surface area contributed by atoms with E-state index in [2.05, 4.69) is 4.90 Å². The maximum Gasteiger partial charge on any atom is 0.126 e. The minimum Gasteiger partial charge on any atom is -0.386 e. The van der Waals surface area contributed by atoms with E-state index in [0.717, 1.165) is 32.0 Å². The van der Waals surface area contributed by atoms with Gasteiger partial charge in [0.25, 0.3) is 0 Å². The number of benzene rings is 1. The molecule has 0 amide bonds. The van der Waals surface area contributed by atoms with Gasteiger partial charge in [-0.1, -0.05) is 6.42 Å². The Kier molecular flexibility index (Phi) is 4.21. The maximum absolute atomic E-state index is 13.3. The fraction of sp³-hybridized carbons (Fsp3) is 0.600. The highest BCUT2D eigenvalue weighted by Gasteiger charge is 2.36. The van der Waals surface area contributed by atoms with Crippen LogP contribution in [-0.2, 0) is 0 Å². The summed E-state index contributed by atoms with van der Waals surface area (Å²) < 4.78 is 26.5. The smallest absolute Gasteiger partial charge is 0.126 e. The summed E-state index contributed by atoms with van der Waals surface area (Å²) in [7, 11) is 0. The maximum atomic E-state index is 13.3. The Morgan fingerprint density at radius 1 is 1.05 bits per heavy atom. The molecule has 0 radical (unpaired) electrons. The number of rotatable bonds is 3. The number of hydrogen-bond acceptors (Lipinski definition) is 2. The van der Waals surface area contributed by atoms with Crippen LogP contribution in [0.25, 0.3) is 0 Å². The van der Waals surface area contributed by atoms with E-state index in [1.165, 1.54) is 18.6 Å². The molecule has 0 aromatic heterocycles. The minimum atomic E-state index is -0.907. The van der Waals surface area contributed by atoms with Crippen molar-refractivity contribution in [2.24, 2.45) is 0 Å². The summed E-state index contributed by atoms with van der Waals surface area (Å²) in [5.74, 6) is -1.30. The lowest BCUT2D eigenvalue weighted by Gasteiger charge is -2.44. The van der Waals surface area contributed by atoms with Crippen molar-refractivity contribution in [1.82, 2.24) is 4.90 Å². The Bertz CT molecular complexity index is 422. The molecule has 1 aliphatic rings. The lowest BCUT2D eigenvalue weighted by molar-refractivity contribution is -0.0211. The molecular formula is C15H21F2NO. The average molecular weight is 269 g/mol. The first-order valence-corrected chi connectivity index (χ1v) is 6.80. The first kappa shape index (κ1) is 14.4. The third-order valence-electron chi connectivity index (χ3n) is 4.04. The molecule has 0 aliphatic carbocycles. The van der Waals surface area contributed by atoms with Crippen molar-refractivity contribution >= 4 is 0 Å². The number of nitrogens with zero attached hydrogens (tertiary/aromatic N) is 1. The summed E-state index contributed by atoms with van der Waals surface area (Å²) in [5.41, 5.74) is -0.228. The molecule has 1 aliphatic heterocycles. The second kappa shape index (κ2) is 5.55. The lowest BCUT2D eigenvalue weighted by Crippen LogP contribution is -2.50. The van der Waals surface area contributed by atoms with Crippen molar-refractivity contribution in [3.05, 3.63) is 35.4 Å². The number of aliphatic hydroxyl groups excluding tert-OH is 1. The largest absolute Gasteiger partial charge is 0.386 e. The van der Waals surface area contributed by atoms with Gasteiger partial charge in [0, 0.05) is 11.6 Å². The Hall–Kier alpha value is -1.00. The van der Waals surface area contributed by atoms with Gasteiger partial charge in [0.05, 0.1) is 6.10 Å². The molecule has 1 aromatic carbocycles. The van der Waals surface area contributed by atoms with Gasteiger partial charge >= 0.3 is 0 Å². The van der Waals surface area contributed by atoms with Gasteiger partial charge in [0.15, 0.2) is 0 Å². The second-order valence-corrected chi connectivity index (χ2v) is 5.81. The van der Waals surface area contributed by atoms with Crippen LogP contribution in [0.2, 0.25) is 0 Å². The van der Waals surface area contributed by atoms with Crippen molar-refractivity contribution in [3.8, 4) is 0 Å². The average Bonchev–Trinajstić information content (AvgIpc) is 2.37. The molecule has 0 spiro atoms. The first-order valence-electron chi connectivity index (χ1n) is 6.80. The molecule has 4 heteroatoms. The topological polar surface area (TPSA) is 23.5 Å². The molecule has 2 nitrogen and oxygen atoms in total. The zero-order valence-corrected chi connectivity index (χ0v) is 11.5. The van der Waals surface area contributed by atoms with Crippen LogP contribution in [0.5, 0.6) is 0 Å². The number of likely N-dealkylation sites (tertiary alicyclic amines) is 1. The van der Waals surface area contributed by atoms with Crippen LogP contribution in [0.15, 0.2) is 18.2 Å². The van der Waals surface area contributed by atoms with Crippen LogP contribution in [0.1, 0.15) is 44.8 Å². The zero-order valence-electron chi connectivity index (χ0n) is 11.5. The summed E-state index contributed by atoms with van der Waals surface area (Å²) in [5, 5.41) is 10.5. The van der Waals surface area contributed by atoms with Crippen molar-refractivity contribution in [1.29, 1.82) is 0 Å². The SMILES string of the molecule is CC(C)(C(O)c1cc(F)cc(F)c1)N1CCCCC1. The molecule has 106 valence electrons. The second-order valence-electron chi connectivity index (χ2n) is 5.81. The standard InChI is InChI=1S/C15H21F2NO/c1-15(2,18-6-4-3-5-7-18)14(19)11-8-12(16)10-13(17)9-11/h8-10,14,19H,3-7H2,1-2H3. The van der Waals surface area contributed by atoms with Crippen LogP contribution < -0.4 is 0 Å². The third kappa shape index (κ3) is 3.12. The lowest BCUT2D eigenvalue weighted by atomic mass is 9.88. The fourth-order valence-corrected chi connectivity index (χ4v) is 2.78. The fourth-order valence-electron chi connectivity index (χ4n) is 2.78.